The van der Waals surface area contributed by atoms with Crippen LogP contribution in [0.5, 0.6) is 0 Å². The predicted octanol–water partition coefficient (Wildman–Crippen LogP) is 3.19. The van der Waals surface area contributed by atoms with Gasteiger partial charge >= 0.3 is 0 Å². The van der Waals surface area contributed by atoms with Crippen molar-refractivity contribution in [3.63, 3.8) is 0 Å². The van der Waals surface area contributed by atoms with Crippen LogP contribution >= 0.6 is 23.4 Å². The number of aromatic nitrogens is 4. The summed E-state index contributed by atoms with van der Waals surface area (Å²) in [6.45, 7) is 0.524. The molecule has 0 saturated heterocycles. The molecule has 4 aromatic rings. The lowest BCUT2D eigenvalue weighted by atomic mass is 10.1. The minimum absolute atomic E-state index is 0.114. The fraction of sp³-hybridized carbons (Fsp3) is 0.143. The first-order chi connectivity index (χ1) is 14.6. The maximum absolute atomic E-state index is 12.3. The molecule has 2 heterocycles. The Labute approximate surface area is 181 Å². The molecule has 30 heavy (non-hydrogen) atoms. The van der Waals surface area contributed by atoms with Crippen molar-refractivity contribution in [1.29, 1.82) is 0 Å². The molecule has 2 aromatic carbocycles. The number of hydrogen-bond donors (Lipinski definition) is 2. The maximum atomic E-state index is 12.3. The molecular weight excluding hydrogens is 422 g/mol. The van der Waals surface area contributed by atoms with Gasteiger partial charge in [-0.05, 0) is 24.1 Å². The predicted molar refractivity (Wildman–Crippen MR) is 118 cm³/mol. The topological polar surface area (TPSA) is 92.2 Å². The highest BCUT2D eigenvalue weighted by molar-refractivity contribution is 7.99. The molecule has 4 rings (SSSR count). The number of nitrogens with one attached hydrogen (secondary N) is 2. The summed E-state index contributed by atoms with van der Waals surface area (Å²) < 4.78 is 1.50. The highest BCUT2D eigenvalue weighted by atomic mass is 35.5. The van der Waals surface area contributed by atoms with Gasteiger partial charge in [0.05, 0.1) is 5.75 Å². The maximum Gasteiger partial charge on any atom is 0.266 e. The molecule has 0 saturated carbocycles. The molecule has 0 bridgehead atoms. The van der Waals surface area contributed by atoms with Crippen molar-refractivity contribution < 1.29 is 4.79 Å². The quantitative estimate of drug-likeness (QED) is 0.431. The molecule has 7 nitrogen and oxygen atoms in total. The number of amides is 1. The van der Waals surface area contributed by atoms with E-state index in [2.05, 4.69) is 20.4 Å². The molecule has 0 radical (unpaired) electrons. The van der Waals surface area contributed by atoms with E-state index in [0.717, 1.165) is 11.1 Å². The summed E-state index contributed by atoms with van der Waals surface area (Å²) >= 11 is 7.12. The third-order valence-electron chi connectivity index (χ3n) is 4.34. The van der Waals surface area contributed by atoms with E-state index >= 15 is 0 Å². The molecule has 2 aromatic heterocycles. The van der Waals surface area contributed by atoms with E-state index in [9.17, 15) is 9.59 Å². The Bertz CT molecular complexity index is 1220. The lowest BCUT2D eigenvalue weighted by molar-refractivity contribution is -0.118. The van der Waals surface area contributed by atoms with Crippen LogP contribution in [0, 0.1) is 0 Å². The van der Waals surface area contributed by atoms with Crippen molar-refractivity contribution in [3.05, 3.63) is 81.6 Å². The number of aromatic amines is 1. The molecule has 0 fully saturated rings. The van der Waals surface area contributed by atoms with Gasteiger partial charge < -0.3 is 5.32 Å². The van der Waals surface area contributed by atoms with Crippen molar-refractivity contribution in [2.45, 2.75) is 11.6 Å². The Hall–Kier alpha value is -3.10. The molecule has 2 N–H and O–H groups in total. The van der Waals surface area contributed by atoms with Crippen molar-refractivity contribution in [2.75, 3.05) is 12.3 Å². The first-order valence-electron chi connectivity index (χ1n) is 9.28. The van der Waals surface area contributed by atoms with Gasteiger partial charge in [-0.25, -0.2) is 14.5 Å². The summed E-state index contributed by atoms with van der Waals surface area (Å²) in [5, 5.41) is 6.75. The minimum Gasteiger partial charge on any atom is -0.355 e. The van der Waals surface area contributed by atoms with Crippen LogP contribution in [0.15, 0.2) is 70.6 Å². The normalized spacial score (nSPS) is 11.0. The zero-order valence-corrected chi connectivity index (χ0v) is 17.4. The molecular formula is C21H18ClN5O2S. The van der Waals surface area contributed by atoms with Crippen molar-refractivity contribution in [3.8, 4) is 11.4 Å². The summed E-state index contributed by atoms with van der Waals surface area (Å²) in [7, 11) is 0. The monoisotopic (exact) mass is 439 g/mol. The molecule has 9 heteroatoms. The zero-order valence-electron chi connectivity index (χ0n) is 15.8. The molecule has 1 amide bonds. The van der Waals surface area contributed by atoms with Gasteiger partial charge in [-0.2, -0.15) is 0 Å². The first-order valence-corrected chi connectivity index (χ1v) is 10.6. The van der Waals surface area contributed by atoms with Crippen LogP contribution in [0.1, 0.15) is 5.56 Å². The van der Waals surface area contributed by atoms with Crippen LogP contribution in [-0.2, 0) is 11.2 Å². The standard InChI is InChI=1S/C21H18ClN5O2S/c22-16-8-6-14(7-9-16)10-11-23-19(29)13-30-21-25-20(15-4-2-1-3-5-15)24-17-12-18(28)26-27(17)21/h1-9,12H,10-11,13H2,(H,23,29)(H,26,28). The zero-order chi connectivity index (χ0) is 20.9. The number of hydrogen-bond acceptors (Lipinski definition) is 5. The molecule has 0 aliphatic carbocycles. The van der Waals surface area contributed by atoms with Crippen LogP contribution in [-0.4, -0.2) is 37.8 Å². The average Bonchev–Trinajstić information content (AvgIpc) is 3.14. The van der Waals surface area contributed by atoms with Crippen LogP contribution in [0.25, 0.3) is 17.0 Å². The number of fused-ring (bicyclic) bond motifs is 1. The van der Waals surface area contributed by atoms with E-state index in [4.69, 9.17) is 11.6 Å². The van der Waals surface area contributed by atoms with Gasteiger partial charge in [-0.15, -0.1) is 0 Å². The molecule has 0 spiro atoms. The Morgan fingerprint density at radius 1 is 1.10 bits per heavy atom. The third-order valence-corrected chi connectivity index (χ3v) is 5.53. The number of nitrogens with zero attached hydrogens (tertiary/aromatic N) is 3. The summed E-state index contributed by atoms with van der Waals surface area (Å²) in [5.41, 5.74) is 2.12. The van der Waals surface area contributed by atoms with Crippen molar-refractivity contribution >= 4 is 34.9 Å². The Morgan fingerprint density at radius 2 is 1.87 bits per heavy atom. The Kier molecular flexibility index (Phi) is 6.15. The fourth-order valence-electron chi connectivity index (χ4n) is 2.88. The SMILES string of the molecule is O=C(CSc1nc(-c2ccccc2)nc2cc(=O)[nH]n12)NCCc1ccc(Cl)cc1. The van der Waals surface area contributed by atoms with Crippen LogP contribution in [0.3, 0.4) is 0 Å². The summed E-state index contributed by atoms with van der Waals surface area (Å²) in [4.78, 5) is 33.0. The van der Waals surface area contributed by atoms with Crippen LogP contribution in [0.4, 0.5) is 0 Å². The lowest BCUT2D eigenvalue weighted by Crippen LogP contribution is -2.27. The molecule has 0 aliphatic rings. The van der Waals surface area contributed by atoms with E-state index in [1.165, 1.54) is 22.3 Å². The largest absolute Gasteiger partial charge is 0.355 e. The van der Waals surface area contributed by atoms with Crippen molar-refractivity contribution in [1.82, 2.24) is 24.9 Å². The fourth-order valence-corrected chi connectivity index (χ4v) is 3.78. The number of benzene rings is 2. The minimum atomic E-state index is -0.274. The lowest BCUT2D eigenvalue weighted by Gasteiger charge is -2.08. The Morgan fingerprint density at radius 3 is 2.63 bits per heavy atom. The van der Waals surface area contributed by atoms with E-state index in [1.54, 1.807) is 0 Å². The second-order valence-corrected chi connectivity index (χ2v) is 7.90. The van der Waals surface area contributed by atoms with E-state index < -0.39 is 0 Å². The first kappa shape index (κ1) is 20.2. The summed E-state index contributed by atoms with van der Waals surface area (Å²) in [5.74, 6) is 0.554. The Balaban J connectivity index is 1.43. The smallest absolute Gasteiger partial charge is 0.266 e. The van der Waals surface area contributed by atoms with Crippen LogP contribution < -0.4 is 10.9 Å². The molecule has 0 aliphatic heterocycles. The third kappa shape index (κ3) is 4.90. The van der Waals surface area contributed by atoms with Crippen LogP contribution in [0.2, 0.25) is 5.02 Å². The van der Waals surface area contributed by atoms with E-state index in [0.29, 0.717) is 34.6 Å². The second-order valence-electron chi connectivity index (χ2n) is 6.52. The van der Waals surface area contributed by atoms with E-state index in [1.807, 2.05) is 54.6 Å². The van der Waals surface area contributed by atoms with Gasteiger partial charge in [0, 0.05) is 23.2 Å². The number of thioether (sulfide) groups is 1. The molecule has 0 unspecified atom stereocenters. The average molecular weight is 440 g/mol. The second kappa shape index (κ2) is 9.15. The highest BCUT2D eigenvalue weighted by Gasteiger charge is 2.13. The van der Waals surface area contributed by atoms with E-state index in [-0.39, 0.29) is 17.2 Å². The van der Waals surface area contributed by atoms with Gasteiger partial charge in [-0.3, -0.25) is 14.7 Å². The van der Waals surface area contributed by atoms with Gasteiger partial charge in [0.15, 0.2) is 16.6 Å². The van der Waals surface area contributed by atoms with Crippen molar-refractivity contribution in [2.24, 2.45) is 0 Å². The molecule has 0 atom stereocenters. The number of carbonyl (C=O) groups excluding carboxylic acids is 1. The number of halogens is 1. The summed E-state index contributed by atoms with van der Waals surface area (Å²) in [6, 6.07) is 18.4. The van der Waals surface area contributed by atoms with Gasteiger partial charge in [0.25, 0.3) is 5.56 Å². The van der Waals surface area contributed by atoms with Gasteiger partial charge in [0.2, 0.25) is 5.91 Å². The summed E-state index contributed by atoms with van der Waals surface area (Å²) in [6.07, 6.45) is 0.717. The number of rotatable bonds is 7. The number of carbonyl (C=O) groups is 1. The highest BCUT2D eigenvalue weighted by Crippen LogP contribution is 2.21. The number of H-pyrrole nitrogens is 1. The van der Waals surface area contributed by atoms with Gasteiger partial charge in [-0.1, -0.05) is 65.8 Å². The van der Waals surface area contributed by atoms with Gasteiger partial charge in [0.1, 0.15) is 0 Å². The molecule has 152 valence electrons.